The van der Waals surface area contributed by atoms with E-state index in [1.165, 1.54) is 7.11 Å². The first-order valence-corrected chi connectivity index (χ1v) is 9.08. The van der Waals surface area contributed by atoms with Crippen LogP contribution in [0.3, 0.4) is 0 Å². The molecule has 2 aromatic rings. The van der Waals surface area contributed by atoms with Crippen LogP contribution in [0.4, 0.5) is 0 Å². The van der Waals surface area contributed by atoms with E-state index in [0.29, 0.717) is 13.0 Å². The van der Waals surface area contributed by atoms with Crippen molar-refractivity contribution < 1.29 is 19.0 Å². The predicted octanol–water partition coefficient (Wildman–Crippen LogP) is 3.50. The van der Waals surface area contributed by atoms with Gasteiger partial charge in [0.1, 0.15) is 6.04 Å². The average molecular weight is 371 g/mol. The second-order valence-electron chi connectivity index (χ2n) is 6.79. The lowest BCUT2D eigenvalue weighted by Gasteiger charge is -2.31. The van der Waals surface area contributed by atoms with Gasteiger partial charge in [-0.15, -0.1) is 0 Å². The quantitative estimate of drug-likeness (QED) is 0.512. The average Bonchev–Trinajstić information content (AvgIpc) is 2.70. The molecule has 0 aliphatic carbocycles. The van der Waals surface area contributed by atoms with Crippen LogP contribution < -0.4 is 5.32 Å². The minimum atomic E-state index is -0.748. The Morgan fingerprint density at radius 1 is 1.00 bits per heavy atom. The minimum absolute atomic E-state index is 0.274. The molecule has 0 heterocycles. The number of hydrogen-bond donors (Lipinski definition) is 1. The largest absolute Gasteiger partial charge is 0.468 e. The van der Waals surface area contributed by atoms with Crippen LogP contribution in [0, 0.1) is 0 Å². The Hall–Kier alpha value is -2.21. The third-order valence-corrected chi connectivity index (χ3v) is 4.41. The number of nitrogens with one attached hydrogen (secondary N) is 1. The van der Waals surface area contributed by atoms with Gasteiger partial charge in [-0.3, -0.25) is 4.79 Å². The summed E-state index contributed by atoms with van der Waals surface area (Å²) in [6.07, 6.45) is 0.270. The maximum absolute atomic E-state index is 12.3. The first kappa shape index (κ1) is 21.1. The smallest absolute Gasteiger partial charge is 0.323 e. The monoisotopic (exact) mass is 371 g/mol. The summed E-state index contributed by atoms with van der Waals surface area (Å²) in [7, 11) is 3.02. The zero-order chi connectivity index (χ0) is 19.7. The topological polar surface area (TPSA) is 56.8 Å². The zero-order valence-corrected chi connectivity index (χ0v) is 16.5. The Labute approximate surface area is 161 Å². The van der Waals surface area contributed by atoms with E-state index in [-0.39, 0.29) is 12.1 Å². The Bertz CT molecular complexity index is 688. The van der Waals surface area contributed by atoms with Crippen LogP contribution in [-0.4, -0.2) is 38.6 Å². The molecule has 0 aliphatic rings. The number of hydrogen-bond acceptors (Lipinski definition) is 5. The third-order valence-electron chi connectivity index (χ3n) is 4.41. The number of esters is 1. The number of carbonyl (C=O) groups is 1. The molecule has 146 valence electrons. The summed E-state index contributed by atoms with van der Waals surface area (Å²) >= 11 is 0. The first-order valence-electron chi connectivity index (χ1n) is 9.08. The van der Waals surface area contributed by atoms with Crippen molar-refractivity contribution in [3.05, 3.63) is 71.8 Å². The molecule has 0 spiro atoms. The third kappa shape index (κ3) is 6.79. The van der Waals surface area contributed by atoms with E-state index in [1.54, 1.807) is 7.11 Å². The summed E-state index contributed by atoms with van der Waals surface area (Å²) in [6.45, 7) is 4.18. The van der Waals surface area contributed by atoms with Gasteiger partial charge in [-0.05, 0) is 31.4 Å². The summed E-state index contributed by atoms with van der Waals surface area (Å²) < 4.78 is 16.5. The fourth-order valence-corrected chi connectivity index (χ4v) is 2.77. The number of methoxy groups -OCH3 is 2. The molecule has 2 rings (SSSR count). The van der Waals surface area contributed by atoms with Gasteiger partial charge in [0.15, 0.2) is 5.79 Å². The van der Waals surface area contributed by atoms with E-state index in [1.807, 2.05) is 74.5 Å². The summed E-state index contributed by atoms with van der Waals surface area (Å²) in [5, 5.41) is 3.31. The van der Waals surface area contributed by atoms with Crippen LogP contribution in [0.25, 0.3) is 0 Å². The number of ether oxygens (including phenoxy) is 3. The Morgan fingerprint density at radius 3 is 2.15 bits per heavy atom. The Morgan fingerprint density at radius 2 is 1.59 bits per heavy atom. The van der Waals surface area contributed by atoms with E-state index in [2.05, 4.69) is 5.32 Å². The van der Waals surface area contributed by atoms with Gasteiger partial charge in [0.05, 0.1) is 13.2 Å². The standard InChI is InChI=1S/C22H29NO4/c1-22(2,26-4)27-20(18-13-9-6-10-14-18)16-23-19(21(24)25-3)15-17-11-7-5-8-12-17/h5-14,19-20,23H,15-16H2,1-4H3/t19-,20-/m0/s1. The molecule has 27 heavy (non-hydrogen) atoms. The van der Waals surface area contributed by atoms with Crippen LogP contribution in [-0.2, 0) is 25.4 Å². The minimum Gasteiger partial charge on any atom is -0.468 e. The Kier molecular flexibility index (Phi) is 7.98. The van der Waals surface area contributed by atoms with E-state index in [0.717, 1.165) is 11.1 Å². The van der Waals surface area contributed by atoms with Crippen LogP contribution in [0.5, 0.6) is 0 Å². The highest BCUT2D eigenvalue weighted by atomic mass is 16.7. The van der Waals surface area contributed by atoms with Gasteiger partial charge in [-0.2, -0.15) is 0 Å². The van der Waals surface area contributed by atoms with Crippen molar-refractivity contribution in [3.8, 4) is 0 Å². The highest BCUT2D eigenvalue weighted by molar-refractivity contribution is 5.76. The molecule has 0 unspecified atom stereocenters. The summed E-state index contributed by atoms with van der Waals surface area (Å²) in [6, 6.07) is 19.3. The highest BCUT2D eigenvalue weighted by Gasteiger charge is 2.27. The van der Waals surface area contributed by atoms with Crippen LogP contribution in [0.15, 0.2) is 60.7 Å². The van der Waals surface area contributed by atoms with Gasteiger partial charge < -0.3 is 19.5 Å². The molecule has 2 atom stereocenters. The lowest BCUT2D eigenvalue weighted by molar-refractivity contribution is -0.224. The zero-order valence-electron chi connectivity index (χ0n) is 16.5. The van der Waals surface area contributed by atoms with Crippen LogP contribution in [0.1, 0.15) is 31.1 Å². The van der Waals surface area contributed by atoms with E-state index in [9.17, 15) is 4.79 Å². The molecule has 0 aliphatic heterocycles. The lowest BCUT2D eigenvalue weighted by Crippen LogP contribution is -2.43. The highest BCUT2D eigenvalue weighted by Crippen LogP contribution is 2.24. The lowest BCUT2D eigenvalue weighted by atomic mass is 10.0. The van der Waals surface area contributed by atoms with E-state index in [4.69, 9.17) is 14.2 Å². The summed E-state index contributed by atoms with van der Waals surface area (Å²) in [4.78, 5) is 12.3. The van der Waals surface area contributed by atoms with Crippen molar-refractivity contribution in [2.75, 3.05) is 20.8 Å². The van der Waals surface area contributed by atoms with Gasteiger partial charge in [0.25, 0.3) is 0 Å². The molecule has 0 saturated carbocycles. The van der Waals surface area contributed by atoms with E-state index >= 15 is 0 Å². The van der Waals surface area contributed by atoms with Gasteiger partial charge in [0, 0.05) is 13.7 Å². The summed E-state index contributed by atoms with van der Waals surface area (Å²) in [5.41, 5.74) is 2.08. The second-order valence-corrected chi connectivity index (χ2v) is 6.79. The normalized spacial score (nSPS) is 13.8. The van der Waals surface area contributed by atoms with Crippen molar-refractivity contribution in [1.29, 1.82) is 0 Å². The molecular weight excluding hydrogens is 342 g/mol. The molecule has 0 aromatic heterocycles. The number of rotatable bonds is 10. The molecule has 0 bridgehead atoms. The van der Waals surface area contributed by atoms with Gasteiger partial charge >= 0.3 is 5.97 Å². The fourth-order valence-electron chi connectivity index (χ4n) is 2.77. The van der Waals surface area contributed by atoms with Crippen LogP contribution in [0.2, 0.25) is 0 Å². The first-order chi connectivity index (χ1) is 12.9. The maximum Gasteiger partial charge on any atom is 0.323 e. The van der Waals surface area contributed by atoms with Crippen molar-refractivity contribution >= 4 is 5.97 Å². The van der Waals surface area contributed by atoms with E-state index < -0.39 is 11.8 Å². The van der Waals surface area contributed by atoms with Crippen molar-refractivity contribution in [2.24, 2.45) is 0 Å². The van der Waals surface area contributed by atoms with Gasteiger partial charge in [-0.1, -0.05) is 60.7 Å². The van der Waals surface area contributed by atoms with Crippen LogP contribution >= 0.6 is 0 Å². The number of carbonyl (C=O) groups excluding carboxylic acids is 1. The summed E-state index contributed by atoms with van der Waals surface area (Å²) in [5.74, 6) is -1.04. The van der Waals surface area contributed by atoms with Crippen molar-refractivity contribution in [2.45, 2.75) is 38.2 Å². The molecule has 5 heteroatoms. The molecule has 0 saturated heterocycles. The molecule has 0 fully saturated rings. The molecule has 1 N–H and O–H groups in total. The SMILES string of the molecule is COC(=O)[C@H](Cc1ccccc1)NC[C@H](OC(C)(C)OC)c1ccccc1. The molecule has 0 radical (unpaired) electrons. The van der Waals surface area contributed by atoms with Gasteiger partial charge in [0.2, 0.25) is 0 Å². The number of benzene rings is 2. The molecule has 5 nitrogen and oxygen atoms in total. The van der Waals surface area contributed by atoms with Crippen molar-refractivity contribution in [1.82, 2.24) is 5.32 Å². The molecule has 0 amide bonds. The fraction of sp³-hybridized carbons (Fsp3) is 0.409. The molecular formula is C22H29NO4. The maximum atomic E-state index is 12.3. The van der Waals surface area contributed by atoms with Gasteiger partial charge in [-0.25, -0.2) is 0 Å². The predicted molar refractivity (Wildman–Crippen MR) is 105 cm³/mol. The van der Waals surface area contributed by atoms with Crippen molar-refractivity contribution in [3.63, 3.8) is 0 Å². The Balaban J connectivity index is 2.12. The molecule has 2 aromatic carbocycles. The second kappa shape index (κ2) is 10.2.